The van der Waals surface area contributed by atoms with Crippen molar-refractivity contribution in [1.82, 2.24) is 9.97 Å². The van der Waals surface area contributed by atoms with Gasteiger partial charge in [0.1, 0.15) is 12.3 Å². The number of ether oxygens (including phenoxy) is 1. The summed E-state index contributed by atoms with van der Waals surface area (Å²) in [5.74, 6) is 5.17. The molecular formula is C12H12BrN5O3. The van der Waals surface area contributed by atoms with Gasteiger partial charge >= 0.3 is 5.69 Å². The zero-order valence-corrected chi connectivity index (χ0v) is 12.6. The van der Waals surface area contributed by atoms with Crippen molar-refractivity contribution in [2.45, 2.75) is 13.5 Å². The van der Waals surface area contributed by atoms with E-state index in [1.165, 1.54) is 6.92 Å². The fourth-order valence-electron chi connectivity index (χ4n) is 1.69. The van der Waals surface area contributed by atoms with Crippen molar-refractivity contribution in [2.24, 2.45) is 5.84 Å². The van der Waals surface area contributed by atoms with Crippen LogP contribution in [0.5, 0.6) is 5.88 Å². The van der Waals surface area contributed by atoms with Crippen molar-refractivity contribution in [1.29, 1.82) is 0 Å². The average Bonchev–Trinajstić information content (AvgIpc) is 2.44. The lowest BCUT2D eigenvalue weighted by molar-refractivity contribution is -0.387. The summed E-state index contributed by atoms with van der Waals surface area (Å²) in [5.41, 5.74) is 2.99. The molecule has 1 heterocycles. The van der Waals surface area contributed by atoms with Gasteiger partial charge in [-0.15, -0.1) is 0 Å². The molecule has 0 aliphatic rings. The summed E-state index contributed by atoms with van der Waals surface area (Å²) < 4.78 is 6.34. The highest BCUT2D eigenvalue weighted by atomic mass is 79.9. The largest absolute Gasteiger partial charge is 0.468 e. The first-order chi connectivity index (χ1) is 10.0. The van der Waals surface area contributed by atoms with Crippen LogP contribution in [-0.2, 0) is 6.61 Å². The average molecular weight is 354 g/mol. The van der Waals surface area contributed by atoms with Crippen molar-refractivity contribution in [3.8, 4) is 5.88 Å². The number of hydrazine groups is 1. The van der Waals surface area contributed by atoms with E-state index in [4.69, 9.17) is 10.6 Å². The van der Waals surface area contributed by atoms with E-state index in [1.54, 1.807) is 0 Å². The molecule has 2 rings (SSSR count). The van der Waals surface area contributed by atoms with Crippen molar-refractivity contribution in [3.05, 3.63) is 50.1 Å². The number of hydrogen-bond donors (Lipinski definition) is 2. The number of nitrogens with two attached hydrogens (primary N) is 1. The predicted molar refractivity (Wildman–Crippen MR) is 79.7 cm³/mol. The molecular weight excluding hydrogens is 342 g/mol. The Balaban J connectivity index is 2.29. The molecule has 0 saturated carbocycles. The molecule has 0 aliphatic heterocycles. The third-order valence-electron chi connectivity index (χ3n) is 2.60. The number of benzene rings is 1. The molecule has 0 saturated heterocycles. The molecule has 0 aliphatic carbocycles. The number of anilines is 1. The zero-order valence-electron chi connectivity index (χ0n) is 11.0. The van der Waals surface area contributed by atoms with E-state index in [0.717, 1.165) is 10.0 Å². The highest BCUT2D eigenvalue weighted by Crippen LogP contribution is 2.29. The van der Waals surface area contributed by atoms with Gasteiger partial charge in [-0.2, -0.15) is 4.98 Å². The Labute approximate surface area is 128 Å². The molecule has 9 heteroatoms. The fourth-order valence-corrected chi connectivity index (χ4v) is 2.14. The van der Waals surface area contributed by atoms with Crippen LogP contribution in [0.4, 0.5) is 11.6 Å². The van der Waals surface area contributed by atoms with Crippen molar-refractivity contribution in [2.75, 3.05) is 5.43 Å². The van der Waals surface area contributed by atoms with Gasteiger partial charge in [0.05, 0.1) is 4.92 Å². The Morgan fingerprint density at radius 3 is 2.86 bits per heavy atom. The summed E-state index contributed by atoms with van der Waals surface area (Å²) in [7, 11) is 0. The van der Waals surface area contributed by atoms with Gasteiger partial charge in [0, 0.05) is 4.47 Å². The second-order valence-electron chi connectivity index (χ2n) is 4.11. The van der Waals surface area contributed by atoms with Crippen LogP contribution in [0, 0.1) is 17.0 Å². The van der Waals surface area contributed by atoms with Crippen LogP contribution in [-0.4, -0.2) is 14.9 Å². The molecule has 1 aromatic carbocycles. The number of rotatable bonds is 5. The summed E-state index contributed by atoms with van der Waals surface area (Å²) >= 11 is 3.34. The second-order valence-corrected chi connectivity index (χ2v) is 5.02. The lowest BCUT2D eigenvalue weighted by Gasteiger charge is -2.09. The third kappa shape index (κ3) is 3.64. The van der Waals surface area contributed by atoms with Gasteiger partial charge < -0.3 is 4.74 Å². The Morgan fingerprint density at radius 2 is 2.24 bits per heavy atom. The van der Waals surface area contributed by atoms with Gasteiger partial charge in [-0.3, -0.25) is 15.5 Å². The van der Waals surface area contributed by atoms with Crippen LogP contribution in [0.25, 0.3) is 0 Å². The van der Waals surface area contributed by atoms with E-state index >= 15 is 0 Å². The van der Waals surface area contributed by atoms with E-state index < -0.39 is 4.92 Å². The predicted octanol–water partition coefficient (Wildman–Crippen LogP) is 2.32. The fraction of sp³-hybridized carbons (Fsp3) is 0.167. The summed E-state index contributed by atoms with van der Waals surface area (Å²) in [6.45, 7) is 1.63. The van der Waals surface area contributed by atoms with Crippen molar-refractivity contribution < 1.29 is 9.66 Å². The van der Waals surface area contributed by atoms with Gasteiger partial charge in [0.15, 0.2) is 0 Å². The lowest BCUT2D eigenvalue weighted by Crippen LogP contribution is -2.13. The molecule has 110 valence electrons. The normalized spacial score (nSPS) is 10.2. The minimum absolute atomic E-state index is 0.0577. The van der Waals surface area contributed by atoms with Crippen LogP contribution in [0.3, 0.4) is 0 Å². The van der Waals surface area contributed by atoms with E-state index in [1.807, 2.05) is 24.3 Å². The first kappa shape index (κ1) is 15.1. The highest BCUT2D eigenvalue weighted by Gasteiger charge is 2.23. The molecule has 0 bridgehead atoms. The van der Waals surface area contributed by atoms with Crippen LogP contribution in [0.15, 0.2) is 28.7 Å². The quantitative estimate of drug-likeness (QED) is 0.481. The molecule has 2 aromatic rings. The number of nitrogen functional groups attached to an aromatic ring is 1. The molecule has 0 amide bonds. The number of aryl methyl sites for hydroxylation is 1. The number of nitrogens with one attached hydrogen (secondary N) is 1. The molecule has 0 atom stereocenters. The molecule has 3 N–H and O–H groups in total. The van der Waals surface area contributed by atoms with E-state index in [2.05, 4.69) is 31.3 Å². The maximum absolute atomic E-state index is 11.1. The van der Waals surface area contributed by atoms with Crippen LogP contribution in [0.1, 0.15) is 11.3 Å². The Bertz CT molecular complexity index is 680. The first-order valence-electron chi connectivity index (χ1n) is 5.88. The van der Waals surface area contributed by atoms with Gasteiger partial charge in [0.2, 0.25) is 5.95 Å². The topological polar surface area (TPSA) is 116 Å². The molecule has 8 nitrogen and oxygen atoms in total. The van der Waals surface area contributed by atoms with Gasteiger partial charge in [0.25, 0.3) is 5.88 Å². The smallest absolute Gasteiger partial charge is 0.352 e. The van der Waals surface area contributed by atoms with Gasteiger partial charge in [-0.25, -0.2) is 10.8 Å². The monoisotopic (exact) mass is 353 g/mol. The molecule has 0 fully saturated rings. The minimum Gasteiger partial charge on any atom is -0.468 e. The number of hydrogen-bond acceptors (Lipinski definition) is 7. The third-order valence-corrected chi connectivity index (χ3v) is 3.10. The highest BCUT2D eigenvalue weighted by molar-refractivity contribution is 9.10. The maximum atomic E-state index is 11.1. The van der Waals surface area contributed by atoms with E-state index in [0.29, 0.717) is 0 Å². The van der Waals surface area contributed by atoms with Gasteiger partial charge in [-0.1, -0.05) is 28.1 Å². The number of nitro groups is 1. The molecule has 1 aromatic heterocycles. The Morgan fingerprint density at radius 1 is 1.48 bits per heavy atom. The summed E-state index contributed by atoms with van der Waals surface area (Å²) in [6.07, 6.45) is 0. The standard InChI is InChI=1S/C12H12BrN5O3/c1-7-10(18(19)20)11(16-12(15-7)17-14)21-6-8-3-2-4-9(13)5-8/h2-5H,6,14H2,1H3,(H,15,16,17). The van der Waals surface area contributed by atoms with Crippen LogP contribution < -0.4 is 16.0 Å². The van der Waals surface area contributed by atoms with E-state index in [9.17, 15) is 10.1 Å². The zero-order chi connectivity index (χ0) is 15.4. The van der Waals surface area contributed by atoms with E-state index in [-0.39, 0.29) is 29.8 Å². The number of aromatic nitrogens is 2. The minimum atomic E-state index is -0.578. The molecule has 0 radical (unpaired) electrons. The Hall–Kier alpha value is -2.26. The molecule has 0 spiro atoms. The molecule has 21 heavy (non-hydrogen) atoms. The Kier molecular flexibility index (Phi) is 4.66. The van der Waals surface area contributed by atoms with Crippen molar-refractivity contribution in [3.63, 3.8) is 0 Å². The van der Waals surface area contributed by atoms with Crippen LogP contribution >= 0.6 is 15.9 Å². The molecule has 0 unspecified atom stereocenters. The maximum Gasteiger partial charge on any atom is 0.352 e. The van der Waals surface area contributed by atoms with Crippen LogP contribution in [0.2, 0.25) is 0 Å². The van der Waals surface area contributed by atoms with Crippen molar-refractivity contribution >= 4 is 27.6 Å². The summed E-state index contributed by atoms with van der Waals surface area (Å²) in [6, 6.07) is 7.40. The first-order valence-corrected chi connectivity index (χ1v) is 6.67. The summed E-state index contributed by atoms with van der Waals surface area (Å²) in [4.78, 5) is 18.3. The number of nitrogens with zero attached hydrogens (tertiary/aromatic N) is 3. The number of halogens is 1. The summed E-state index contributed by atoms with van der Waals surface area (Å²) in [5, 5.41) is 11.1. The van der Waals surface area contributed by atoms with Gasteiger partial charge in [-0.05, 0) is 24.6 Å². The lowest BCUT2D eigenvalue weighted by atomic mass is 10.2. The second kappa shape index (κ2) is 6.46. The SMILES string of the molecule is Cc1nc(NN)nc(OCc2cccc(Br)c2)c1[N+](=O)[O-].